The van der Waals surface area contributed by atoms with Crippen LogP contribution < -0.4 is 5.32 Å². The Hall–Kier alpha value is -2.22. The molecule has 3 atom stereocenters. The summed E-state index contributed by atoms with van der Waals surface area (Å²) in [6.07, 6.45) is -5.46. The Bertz CT molecular complexity index is 1900. The molecular formula is C30H20Cl5F6NO4S. The fourth-order valence-corrected chi connectivity index (χ4v) is 8.88. The number of rotatable bonds is 10. The second kappa shape index (κ2) is 12.6. The average Bonchev–Trinajstić information content (AvgIpc) is 3.76. The van der Waals surface area contributed by atoms with Gasteiger partial charge >= 0.3 is 6.18 Å². The van der Waals surface area contributed by atoms with Crippen LogP contribution in [0.1, 0.15) is 45.0 Å². The molecule has 252 valence electrons. The van der Waals surface area contributed by atoms with Crippen molar-refractivity contribution in [2.45, 2.75) is 39.4 Å². The van der Waals surface area contributed by atoms with E-state index in [1.165, 1.54) is 12.1 Å². The standard InChI is InChI=1S/C30H20Cl5F6NO4S/c31-20-4-3-16(42-27(44)25-24(29(25,34)35)13-1-6-22(37)19(7-13)30(39,40)41)9-17(20)23(43)8-14-2-5-21(36)18(26(14)38)12-47(45,46)11-15-10-28(15,32)33/h1-7,9,15,24-25H,8,10-12H2,(H,42,44)/t15?,24-,25+/m0/s1. The van der Waals surface area contributed by atoms with Gasteiger partial charge in [0, 0.05) is 35.1 Å². The zero-order chi connectivity index (χ0) is 34.9. The van der Waals surface area contributed by atoms with Crippen molar-refractivity contribution in [2.75, 3.05) is 11.1 Å². The molecule has 47 heavy (non-hydrogen) atoms. The van der Waals surface area contributed by atoms with Crippen molar-refractivity contribution in [3.05, 3.63) is 98.8 Å². The van der Waals surface area contributed by atoms with Gasteiger partial charge in [0.15, 0.2) is 15.6 Å². The Morgan fingerprint density at radius 1 is 0.936 bits per heavy atom. The van der Waals surface area contributed by atoms with Crippen molar-refractivity contribution in [2.24, 2.45) is 11.8 Å². The molecule has 1 unspecified atom stereocenters. The highest BCUT2D eigenvalue weighted by molar-refractivity contribution is 7.90. The van der Waals surface area contributed by atoms with Gasteiger partial charge in [-0.1, -0.05) is 23.7 Å². The molecule has 0 aliphatic heterocycles. The van der Waals surface area contributed by atoms with E-state index in [2.05, 4.69) is 5.32 Å². The molecule has 0 saturated heterocycles. The third kappa shape index (κ3) is 7.68. The zero-order valence-electron chi connectivity index (χ0n) is 23.4. The van der Waals surface area contributed by atoms with Gasteiger partial charge in [-0.3, -0.25) is 9.59 Å². The van der Waals surface area contributed by atoms with Crippen LogP contribution in [0.15, 0.2) is 48.5 Å². The molecule has 5 rings (SSSR count). The highest BCUT2D eigenvalue weighted by atomic mass is 35.5. The largest absolute Gasteiger partial charge is 0.419 e. The summed E-state index contributed by atoms with van der Waals surface area (Å²) < 4.78 is 105. The third-order valence-electron chi connectivity index (χ3n) is 7.92. The minimum absolute atomic E-state index is 0.00582. The van der Waals surface area contributed by atoms with E-state index in [1.54, 1.807) is 0 Å². The van der Waals surface area contributed by atoms with Crippen LogP contribution in [-0.2, 0) is 33.0 Å². The Balaban J connectivity index is 1.31. The van der Waals surface area contributed by atoms with Crippen LogP contribution in [0.2, 0.25) is 5.02 Å². The number of ketones is 1. The van der Waals surface area contributed by atoms with Gasteiger partial charge in [0.05, 0.1) is 28.0 Å². The highest BCUT2D eigenvalue weighted by Gasteiger charge is 2.67. The molecule has 0 radical (unpaired) electrons. The molecule has 1 amide bonds. The maximum absolute atomic E-state index is 15.3. The number of hydrogen-bond acceptors (Lipinski definition) is 4. The van der Waals surface area contributed by atoms with Crippen LogP contribution >= 0.6 is 58.0 Å². The molecule has 3 aromatic carbocycles. The summed E-state index contributed by atoms with van der Waals surface area (Å²) >= 11 is 30.4. The normalized spacial score (nSPS) is 21.3. The van der Waals surface area contributed by atoms with Crippen LogP contribution in [-0.4, -0.2) is 34.5 Å². The number of sulfone groups is 1. The monoisotopic (exact) mass is 779 g/mol. The molecule has 5 nitrogen and oxygen atoms in total. The number of hydrogen-bond donors (Lipinski definition) is 1. The summed E-state index contributed by atoms with van der Waals surface area (Å²) in [5, 5.41) is 2.35. The van der Waals surface area contributed by atoms with E-state index >= 15 is 4.39 Å². The fourth-order valence-electron chi connectivity index (χ4n) is 5.28. The van der Waals surface area contributed by atoms with E-state index in [0.717, 1.165) is 24.3 Å². The predicted octanol–water partition coefficient (Wildman–Crippen LogP) is 8.84. The average molecular weight is 782 g/mol. The van der Waals surface area contributed by atoms with E-state index in [9.17, 15) is 40.0 Å². The molecule has 2 aliphatic carbocycles. The molecule has 0 heterocycles. The molecule has 17 heteroatoms. The molecule has 0 spiro atoms. The quantitative estimate of drug-likeness (QED) is 0.127. The SMILES string of the molecule is O=C(Cc1ccc(F)c(CS(=O)(=O)CC2CC2(Cl)Cl)c1F)c1cc(NC(=O)[C@H]2[C@H](c3ccc(F)c(C(F)(F)F)c3)C2(Cl)Cl)ccc1Cl. The fraction of sp³-hybridized carbons (Fsp3) is 0.333. The van der Waals surface area contributed by atoms with E-state index in [0.29, 0.717) is 12.1 Å². The lowest BCUT2D eigenvalue weighted by atomic mass is 10.00. The molecule has 0 aromatic heterocycles. The summed E-state index contributed by atoms with van der Waals surface area (Å²) in [4.78, 5) is 26.3. The van der Waals surface area contributed by atoms with Crippen molar-refractivity contribution in [3.63, 3.8) is 0 Å². The molecule has 2 aliphatic rings. The van der Waals surface area contributed by atoms with E-state index < -0.39 is 101 Å². The van der Waals surface area contributed by atoms with Crippen LogP contribution in [0.4, 0.5) is 32.0 Å². The van der Waals surface area contributed by atoms with Crippen LogP contribution in [0, 0.1) is 29.3 Å². The third-order valence-corrected chi connectivity index (χ3v) is 11.8. The number of carbonyl (C=O) groups excluding carboxylic acids is 2. The number of nitrogens with one attached hydrogen (secondary N) is 1. The van der Waals surface area contributed by atoms with Gasteiger partial charge in [-0.15, -0.1) is 46.4 Å². The molecule has 2 fully saturated rings. The van der Waals surface area contributed by atoms with Gasteiger partial charge in [-0.2, -0.15) is 13.2 Å². The van der Waals surface area contributed by atoms with Gasteiger partial charge in [-0.05, 0) is 53.9 Å². The Kier molecular flexibility index (Phi) is 9.66. The van der Waals surface area contributed by atoms with Gasteiger partial charge in [0.2, 0.25) is 5.91 Å². The number of alkyl halides is 7. The first kappa shape index (κ1) is 36.1. The summed E-state index contributed by atoms with van der Waals surface area (Å²) in [5.74, 6) is -9.94. The van der Waals surface area contributed by atoms with Gasteiger partial charge in [0.25, 0.3) is 0 Å². The summed E-state index contributed by atoms with van der Waals surface area (Å²) in [6, 6.07) is 7.66. The second-order valence-corrected chi connectivity index (χ2v) is 16.9. The minimum atomic E-state index is -5.00. The maximum Gasteiger partial charge on any atom is 0.419 e. The van der Waals surface area contributed by atoms with E-state index in [4.69, 9.17) is 58.0 Å². The lowest BCUT2D eigenvalue weighted by Crippen LogP contribution is -2.18. The van der Waals surface area contributed by atoms with Crippen molar-refractivity contribution < 1.29 is 44.3 Å². The number of anilines is 1. The molecule has 3 aromatic rings. The number of benzene rings is 3. The van der Waals surface area contributed by atoms with Crippen molar-refractivity contribution in [3.8, 4) is 0 Å². The first-order valence-corrected chi connectivity index (χ1v) is 17.3. The van der Waals surface area contributed by atoms with E-state index in [1.807, 2.05) is 0 Å². The van der Waals surface area contributed by atoms with Crippen molar-refractivity contribution in [1.82, 2.24) is 0 Å². The van der Waals surface area contributed by atoms with Gasteiger partial charge in [0.1, 0.15) is 26.1 Å². The van der Waals surface area contributed by atoms with Crippen LogP contribution in [0.5, 0.6) is 0 Å². The van der Waals surface area contributed by atoms with Gasteiger partial charge in [-0.25, -0.2) is 21.6 Å². The molecule has 2 saturated carbocycles. The zero-order valence-corrected chi connectivity index (χ0v) is 28.0. The molecule has 1 N–H and O–H groups in total. The molecule has 0 bridgehead atoms. The summed E-state index contributed by atoms with van der Waals surface area (Å²) in [7, 11) is -4.03. The predicted molar refractivity (Wildman–Crippen MR) is 167 cm³/mol. The lowest BCUT2D eigenvalue weighted by molar-refractivity contribution is -0.140. The smallest absolute Gasteiger partial charge is 0.326 e. The summed E-state index contributed by atoms with van der Waals surface area (Å²) in [5.41, 5.74) is -2.96. The minimum Gasteiger partial charge on any atom is -0.326 e. The Morgan fingerprint density at radius 2 is 1.57 bits per heavy atom. The Labute approximate surface area is 289 Å². The van der Waals surface area contributed by atoms with Crippen LogP contribution in [0.25, 0.3) is 0 Å². The lowest BCUT2D eigenvalue weighted by Gasteiger charge is -2.12. The van der Waals surface area contributed by atoms with Gasteiger partial charge < -0.3 is 5.32 Å². The summed E-state index contributed by atoms with van der Waals surface area (Å²) in [6.45, 7) is 0. The first-order valence-electron chi connectivity index (χ1n) is 13.5. The number of halogens is 11. The van der Waals surface area contributed by atoms with E-state index in [-0.39, 0.29) is 33.8 Å². The Morgan fingerprint density at radius 3 is 2.19 bits per heavy atom. The number of carbonyl (C=O) groups is 2. The number of amides is 1. The van der Waals surface area contributed by atoms with Crippen molar-refractivity contribution in [1.29, 1.82) is 0 Å². The first-order chi connectivity index (χ1) is 21.6. The topological polar surface area (TPSA) is 80.3 Å². The van der Waals surface area contributed by atoms with Crippen LogP contribution in [0.3, 0.4) is 0 Å². The van der Waals surface area contributed by atoms with Crippen molar-refractivity contribution >= 4 is 85.2 Å². The molecular weight excluding hydrogens is 762 g/mol. The highest BCUT2D eigenvalue weighted by Crippen LogP contribution is 2.65. The maximum atomic E-state index is 15.3. The second-order valence-electron chi connectivity index (χ2n) is 11.4. The number of Topliss-reactive ketones (excluding diaryl/α,β-unsaturated/α-hetero) is 1.